The van der Waals surface area contributed by atoms with Gasteiger partial charge in [0.15, 0.2) is 0 Å². The monoisotopic (exact) mass is 293 g/mol. The van der Waals surface area contributed by atoms with Crippen LogP contribution in [0.1, 0.15) is 51.2 Å². The molecule has 3 heterocycles. The van der Waals surface area contributed by atoms with Crippen molar-refractivity contribution in [2.24, 2.45) is 0 Å². The molecule has 0 aromatic carbocycles. The highest BCUT2D eigenvalue weighted by Gasteiger charge is 2.33. The van der Waals surface area contributed by atoms with E-state index in [-0.39, 0.29) is 11.5 Å². The lowest BCUT2D eigenvalue weighted by atomic mass is 9.93. The van der Waals surface area contributed by atoms with Crippen molar-refractivity contribution < 1.29 is 9.47 Å². The molecule has 0 radical (unpaired) electrons. The molecule has 5 nitrogen and oxygen atoms in total. The zero-order chi connectivity index (χ0) is 14.9. The number of aromatic nitrogens is 2. The Kier molecular flexibility index (Phi) is 4.33. The van der Waals surface area contributed by atoms with Crippen molar-refractivity contribution in [1.29, 1.82) is 0 Å². The summed E-state index contributed by atoms with van der Waals surface area (Å²) in [6.07, 6.45) is 4.21. The summed E-state index contributed by atoms with van der Waals surface area (Å²) < 4.78 is 11.2. The fourth-order valence-electron chi connectivity index (χ4n) is 3.19. The summed E-state index contributed by atoms with van der Waals surface area (Å²) in [5.74, 6) is 1.05. The van der Waals surface area contributed by atoms with Crippen LogP contribution in [-0.2, 0) is 14.9 Å². The average molecular weight is 293 g/mol. The van der Waals surface area contributed by atoms with Crippen molar-refractivity contribution in [2.75, 3.05) is 33.0 Å². The molecule has 118 valence electrons. The quantitative estimate of drug-likeness (QED) is 0.908. The normalized spacial score (nSPS) is 26.1. The Morgan fingerprint density at radius 3 is 2.62 bits per heavy atom. The lowest BCUT2D eigenvalue weighted by Crippen LogP contribution is -2.48. The second-order valence-corrected chi connectivity index (χ2v) is 7.10. The predicted octanol–water partition coefficient (Wildman–Crippen LogP) is 2.26. The van der Waals surface area contributed by atoms with Gasteiger partial charge in [0.1, 0.15) is 5.82 Å². The maximum absolute atomic E-state index is 5.72. The van der Waals surface area contributed by atoms with Crippen molar-refractivity contribution >= 4 is 0 Å². The molecule has 1 aromatic rings. The third-order valence-corrected chi connectivity index (χ3v) is 4.55. The number of H-pyrrole nitrogens is 1. The number of hydrogen-bond acceptors (Lipinski definition) is 4. The number of aromatic amines is 1. The molecule has 0 amide bonds. The highest BCUT2D eigenvalue weighted by molar-refractivity contribution is 5.14. The number of ether oxygens (including phenoxy) is 2. The molecule has 3 rings (SSSR count). The average Bonchev–Trinajstić information content (AvgIpc) is 2.98. The Labute approximate surface area is 127 Å². The highest BCUT2D eigenvalue weighted by Crippen LogP contribution is 2.29. The van der Waals surface area contributed by atoms with Gasteiger partial charge in [-0.3, -0.25) is 4.90 Å². The van der Waals surface area contributed by atoms with Gasteiger partial charge in [-0.25, -0.2) is 4.98 Å². The molecule has 1 unspecified atom stereocenters. The SMILES string of the molecule is CC(C)(C)c1cnc(C2COCCN2C2CCOCC2)[nH]1. The summed E-state index contributed by atoms with van der Waals surface area (Å²) in [7, 11) is 0. The van der Waals surface area contributed by atoms with Gasteiger partial charge in [0.2, 0.25) is 0 Å². The van der Waals surface area contributed by atoms with Gasteiger partial charge in [0.05, 0.1) is 19.3 Å². The second-order valence-electron chi connectivity index (χ2n) is 7.10. The largest absolute Gasteiger partial charge is 0.381 e. The van der Waals surface area contributed by atoms with E-state index in [1.165, 1.54) is 5.69 Å². The van der Waals surface area contributed by atoms with Crippen LogP contribution in [0, 0.1) is 0 Å². The summed E-state index contributed by atoms with van der Waals surface area (Å²) >= 11 is 0. The number of rotatable bonds is 2. The molecule has 1 aromatic heterocycles. The molecule has 5 heteroatoms. The molecular formula is C16H27N3O2. The lowest BCUT2D eigenvalue weighted by molar-refractivity contribution is -0.0589. The number of nitrogens with one attached hydrogen (secondary N) is 1. The van der Waals surface area contributed by atoms with Gasteiger partial charge in [0, 0.05) is 43.1 Å². The molecule has 2 fully saturated rings. The molecular weight excluding hydrogens is 266 g/mol. The van der Waals surface area contributed by atoms with E-state index in [0.29, 0.717) is 6.04 Å². The van der Waals surface area contributed by atoms with Crippen LogP contribution in [0.25, 0.3) is 0 Å². The molecule has 1 N–H and O–H groups in total. The van der Waals surface area contributed by atoms with Gasteiger partial charge in [0.25, 0.3) is 0 Å². The van der Waals surface area contributed by atoms with Crippen molar-refractivity contribution in [3.8, 4) is 0 Å². The van der Waals surface area contributed by atoms with Crippen molar-refractivity contribution in [1.82, 2.24) is 14.9 Å². The molecule has 0 aliphatic carbocycles. The van der Waals surface area contributed by atoms with Crippen molar-refractivity contribution in [3.05, 3.63) is 17.7 Å². The van der Waals surface area contributed by atoms with Crippen LogP contribution in [0.4, 0.5) is 0 Å². The van der Waals surface area contributed by atoms with E-state index in [1.54, 1.807) is 0 Å². The highest BCUT2D eigenvalue weighted by atomic mass is 16.5. The fourth-order valence-corrected chi connectivity index (χ4v) is 3.19. The van der Waals surface area contributed by atoms with E-state index < -0.39 is 0 Å². The molecule has 0 spiro atoms. The minimum Gasteiger partial charge on any atom is -0.381 e. The van der Waals surface area contributed by atoms with Gasteiger partial charge in [-0.2, -0.15) is 0 Å². The van der Waals surface area contributed by atoms with E-state index in [9.17, 15) is 0 Å². The maximum Gasteiger partial charge on any atom is 0.126 e. The number of nitrogens with zero attached hydrogens (tertiary/aromatic N) is 2. The predicted molar refractivity (Wildman–Crippen MR) is 81.4 cm³/mol. The topological polar surface area (TPSA) is 50.4 Å². The van der Waals surface area contributed by atoms with Gasteiger partial charge in [-0.05, 0) is 12.8 Å². The van der Waals surface area contributed by atoms with Crippen LogP contribution in [0.5, 0.6) is 0 Å². The molecule has 2 aliphatic rings. The molecule has 0 bridgehead atoms. The zero-order valence-electron chi connectivity index (χ0n) is 13.4. The van der Waals surface area contributed by atoms with E-state index in [0.717, 1.165) is 51.6 Å². The van der Waals surface area contributed by atoms with E-state index in [1.807, 2.05) is 6.20 Å². The maximum atomic E-state index is 5.72. The molecule has 21 heavy (non-hydrogen) atoms. The van der Waals surface area contributed by atoms with Crippen LogP contribution in [0.2, 0.25) is 0 Å². The molecule has 2 saturated heterocycles. The second kappa shape index (κ2) is 6.07. The molecule has 2 aliphatic heterocycles. The third kappa shape index (κ3) is 3.30. The zero-order valence-corrected chi connectivity index (χ0v) is 13.4. The Morgan fingerprint density at radius 2 is 1.95 bits per heavy atom. The first-order chi connectivity index (χ1) is 10.1. The van der Waals surface area contributed by atoms with Gasteiger partial charge < -0.3 is 14.5 Å². The first-order valence-electron chi connectivity index (χ1n) is 8.02. The Balaban J connectivity index is 1.78. The van der Waals surface area contributed by atoms with Crippen LogP contribution in [0.3, 0.4) is 0 Å². The summed E-state index contributed by atoms with van der Waals surface area (Å²) in [5, 5.41) is 0. The first-order valence-corrected chi connectivity index (χ1v) is 8.02. The Hall–Kier alpha value is -0.910. The minimum atomic E-state index is 0.101. The standard InChI is InChI=1S/C16H27N3O2/c1-16(2,3)14-10-17-15(18-14)13-11-21-9-6-19(13)12-4-7-20-8-5-12/h10,12-13H,4-9,11H2,1-3H3,(H,17,18). The van der Waals surface area contributed by atoms with Crippen LogP contribution < -0.4 is 0 Å². The van der Waals surface area contributed by atoms with E-state index >= 15 is 0 Å². The third-order valence-electron chi connectivity index (χ3n) is 4.55. The summed E-state index contributed by atoms with van der Waals surface area (Å²) in [6, 6.07) is 0.841. The van der Waals surface area contributed by atoms with Crippen LogP contribution in [-0.4, -0.2) is 53.9 Å². The lowest BCUT2D eigenvalue weighted by Gasteiger charge is -2.41. The summed E-state index contributed by atoms with van der Waals surface area (Å²) in [6.45, 7) is 10.9. The van der Waals surface area contributed by atoms with Crippen molar-refractivity contribution in [2.45, 2.75) is 51.1 Å². The van der Waals surface area contributed by atoms with E-state index in [2.05, 4.69) is 35.6 Å². The molecule has 1 atom stereocenters. The van der Waals surface area contributed by atoms with Crippen LogP contribution in [0.15, 0.2) is 6.20 Å². The number of morpholine rings is 1. The Morgan fingerprint density at radius 1 is 1.19 bits per heavy atom. The number of hydrogen-bond donors (Lipinski definition) is 1. The minimum absolute atomic E-state index is 0.101. The van der Waals surface area contributed by atoms with Gasteiger partial charge in [-0.1, -0.05) is 20.8 Å². The van der Waals surface area contributed by atoms with E-state index in [4.69, 9.17) is 9.47 Å². The van der Waals surface area contributed by atoms with Gasteiger partial charge >= 0.3 is 0 Å². The molecule has 0 saturated carbocycles. The Bertz CT molecular complexity index is 460. The summed E-state index contributed by atoms with van der Waals surface area (Å²) in [4.78, 5) is 10.7. The first kappa shape index (κ1) is 15.0. The van der Waals surface area contributed by atoms with Crippen molar-refractivity contribution in [3.63, 3.8) is 0 Å². The fraction of sp³-hybridized carbons (Fsp3) is 0.812. The smallest absolute Gasteiger partial charge is 0.126 e. The van der Waals surface area contributed by atoms with Crippen LogP contribution >= 0.6 is 0 Å². The number of imidazole rings is 1. The summed E-state index contributed by atoms with van der Waals surface area (Å²) in [5.41, 5.74) is 1.29. The van der Waals surface area contributed by atoms with Gasteiger partial charge in [-0.15, -0.1) is 0 Å².